The number of aromatic nitrogens is 1. The summed E-state index contributed by atoms with van der Waals surface area (Å²) in [4.78, 5) is 18.7. The number of hydrogen-bond acceptors (Lipinski definition) is 4. The summed E-state index contributed by atoms with van der Waals surface area (Å²) in [6.45, 7) is 6.17. The Hall–Kier alpha value is -3.08. The summed E-state index contributed by atoms with van der Waals surface area (Å²) in [5.74, 6) is 2.56. The van der Waals surface area contributed by atoms with Gasteiger partial charge in [0.15, 0.2) is 6.61 Å². The maximum Gasteiger partial charge on any atom is 0.266 e. The lowest BCUT2D eigenvalue weighted by molar-refractivity contribution is -0.120. The Balaban J connectivity index is 1.74. The van der Waals surface area contributed by atoms with Crippen molar-refractivity contribution in [1.82, 2.24) is 4.98 Å². The van der Waals surface area contributed by atoms with E-state index in [9.17, 15) is 4.79 Å². The molecule has 5 heteroatoms. The SMILES string of the molecule is Cc1ccc(CN(C(=O)COc2ccc(C)c(C)c2)c2ccccn2)o1. The summed E-state index contributed by atoms with van der Waals surface area (Å²) in [7, 11) is 0. The maximum atomic E-state index is 12.8. The number of nitrogens with zero attached hydrogens (tertiary/aromatic N) is 2. The van der Waals surface area contributed by atoms with Gasteiger partial charge in [-0.05, 0) is 68.3 Å². The van der Waals surface area contributed by atoms with Crippen LogP contribution in [0.3, 0.4) is 0 Å². The first-order valence-corrected chi connectivity index (χ1v) is 8.49. The number of hydrogen-bond donors (Lipinski definition) is 0. The van der Waals surface area contributed by atoms with E-state index in [1.165, 1.54) is 5.56 Å². The van der Waals surface area contributed by atoms with Crippen LogP contribution < -0.4 is 9.64 Å². The second kappa shape index (κ2) is 7.87. The van der Waals surface area contributed by atoms with E-state index in [1.54, 1.807) is 17.2 Å². The lowest BCUT2D eigenvalue weighted by Crippen LogP contribution is -2.35. The topological polar surface area (TPSA) is 55.6 Å². The number of amides is 1. The van der Waals surface area contributed by atoms with Gasteiger partial charge >= 0.3 is 0 Å². The zero-order valence-corrected chi connectivity index (χ0v) is 15.2. The highest BCUT2D eigenvalue weighted by molar-refractivity contribution is 5.93. The number of ether oxygens (including phenoxy) is 1. The van der Waals surface area contributed by atoms with E-state index in [2.05, 4.69) is 4.98 Å². The molecule has 3 aromatic rings. The Labute approximate surface area is 153 Å². The molecular weight excluding hydrogens is 328 g/mol. The number of rotatable bonds is 6. The van der Waals surface area contributed by atoms with Crippen LogP contribution in [0.15, 0.2) is 59.1 Å². The van der Waals surface area contributed by atoms with Gasteiger partial charge in [0.2, 0.25) is 0 Å². The third-order valence-electron chi connectivity index (χ3n) is 4.18. The van der Waals surface area contributed by atoms with Crippen LogP contribution in [-0.2, 0) is 11.3 Å². The molecule has 1 aromatic carbocycles. The standard InChI is InChI=1S/C21H22N2O3/c1-15-7-9-18(12-16(15)2)25-14-21(24)23(20-6-4-5-11-22-20)13-19-10-8-17(3)26-19/h4-12H,13-14H2,1-3H3. The molecule has 1 amide bonds. The van der Waals surface area contributed by atoms with Crippen LogP contribution in [0.4, 0.5) is 5.82 Å². The molecule has 0 spiro atoms. The summed E-state index contributed by atoms with van der Waals surface area (Å²) >= 11 is 0. The second-order valence-electron chi connectivity index (χ2n) is 6.21. The van der Waals surface area contributed by atoms with Crippen LogP contribution in [0.2, 0.25) is 0 Å². The number of anilines is 1. The highest BCUT2D eigenvalue weighted by atomic mass is 16.5. The highest BCUT2D eigenvalue weighted by Crippen LogP contribution is 2.19. The Kier molecular flexibility index (Phi) is 5.37. The molecular formula is C21H22N2O3. The van der Waals surface area contributed by atoms with Crippen molar-refractivity contribution in [3.05, 3.63) is 77.4 Å². The molecule has 2 aromatic heterocycles. The van der Waals surface area contributed by atoms with E-state index in [4.69, 9.17) is 9.15 Å². The Morgan fingerprint density at radius 1 is 1.08 bits per heavy atom. The first-order valence-electron chi connectivity index (χ1n) is 8.49. The van der Waals surface area contributed by atoms with E-state index in [-0.39, 0.29) is 12.5 Å². The lowest BCUT2D eigenvalue weighted by Gasteiger charge is -2.21. The fourth-order valence-electron chi connectivity index (χ4n) is 2.56. The van der Waals surface area contributed by atoms with Crippen molar-refractivity contribution in [1.29, 1.82) is 0 Å². The van der Waals surface area contributed by atoms with Crippen molar-refractivity contribution < 1.29 is 13.9 Å². The molecule has 0 aliphatic carbocycles. The van der Waals surface area contributed by atoms with Gasteiger partial charge < -0.3 is 9.15 Å². The number of aryl methyl sites for hydroxylation is 3. The van der Waals surface area contributed by atoms with Gasteiger partial charge in [0.05, 0.1) is 6.54 Å². The summed E-state index contributed by atoms with van der Waals surface area (Å²) in [6.07, 6.45) is 1.66. The number of pyridine rings is 1. The van der Waals surface area contributed by atoms with Crippen molar-refractivity contribution >= 4 is 11.7 Å². The van der Waals surface area contributed by atoms with Gasteiger partial charge in [-0.25, -0.2) is 4.98 Å². The van der Waals surface area contributed by atoms with Crippen LogP contribution in [0.5, 0.6) is 5.75 Å². The summed E-state index contributed by atoms with van der Waals surface area (Å²) in [6, 6.07) is 15.0. The van der Waals surface area contributed by atoms with Gasteiger partial charge in [-0.15, -0.1) is 0 Å². The third-order valence-corrected chi connectivity index (χ3v) is 4.18. The number of furan rings is 1. The molecule has 0 saturated heterocycles. The van der Waals surface area contributed by atoms with Gasteiger partial charge in [-0.2, -0.15) is 0 Å². The molecule has 0 aliphatic heterocycles. The van der Waals surface area contributed by atoms with Crippen molar-refractivity contribution in [2.45, 2.75) is 27.3 Å². The highest BCUT2D eigenvalue weighted by Gasteiger charge is 2.19. The Morgan fingerprint density at radius 2 is 1.92 bits per heavy atom. The van der Waals surface area contributed by atoms with E-state index in [0.717, 1.165) is 11.3 Å². The number of benzene rings is 1. The van der Waals surface area contributed by atoms with Gasteiger partial charge in [0, 0.05) is 6.20 Å². The normalized spacial score (nSPS) is 10.6. The summed E-state index contributed by atoms with van der Waals surface area (Å²) in [5.41, 5.74) is 2.31. The molecule has 0 aliphatic rings. The molecule has 5 nitrogen and oxygen atoms in total. The quantitative estimate of drug-likeness (QED) is 0.668. The van der Waals surface area contributed by atoms with E-state index < -0.39 is 0 Å². The van der Waals surface area contributed by atoms with Gasteiger partial charge in [0.25, 0.3) is 5.91 Å². The van der Waals surface area contributed by atoms with Crippen molar-refractivity contribution in [2.75, 3.05) is 11.5 Å². The number of carbonyl (C=O) groups is 1. The second-order valence-corrected chi connectivity index (χ2v) is 6.21. The minimum atomic E-state index is -0.184. The predicted octanol–water partition coefficient (Wildman–Crippen LogP) is 4.21. The van der Waals surface area contributed by atoms with Crippen molar-refractivity contribution in [3.63, 3.8) is 0 Å². The Morgan fingerprint density at radius 3 is 2.58 bits per heavy atom. The van der Waals surface area contributed by atoms with E-state index in [1.807, 2.05) is 63.2 Å². The Bertz CT molecular complexity index is 887. The molecule has 134 valence electrons. The fourth-order valence-corrected chi connectivity index (χ4v) is 2.56. The molecule has 0 N–H and O–H groups in total. The zero-order valence-electron chi connectivity index (χ0n) is 15.2. The van der Waals surface area contributed by atoms with E-state index in [0.29, 0.717) is 23.9 Å². The van der Waals surface area contributed by atoms with Crippen LogP contribution in [-0.4, -0.2) is 17.5 Å². The van der Waals surface area contributed by atoms with Crippen LogP contribution in [0, 0.1) is 20.8 Å². The van der Waals surface area contributed by atoms with Gasteiger partial charge in [-0.1, -0.05) is 12.1 Å². The molecule has 0 radical (unpaired) electrons. The summed E-state index contributed by atoms with van der Waals surface area (Å²) in [5, 5.41) is 0. The molecule has 0 atom stereocenters. The maximum absolute atomic E-state index is 12.8. The van der Waals surface area contributed by atoms with Gasteiger partial charge in [-0.3, -0.25) is 9.69 Å². The third kappa shape index (κ3) is 4.30. The largest absolute Gasteiger partial charge is 0.484 e. The minimum absolute atomic E-state index is 0.0707. The molecule has 0 saturated carbocycles. The van der Waals surface area contributed by atoms with Crippen LogP contribution >= 0.6 is 0 Å². The molecule has 0 fully saturated rings. The van der Waals surface area contributed by atoms with Crippen LogP contribution in [0.1, 0.15) is 22.6 Å². The predicted molar refractivity (Wildman–Crippen MR) is 100 cm³/mol. The average molecular weight is 350 g/mol. The first kappa shape index (κ1) is 17.7. The fraction of sp³-hybridized carbons (Fsp3) is 0.238. The van der Waals surface area contributed by atoms with E-state index >= 15 is 0 Å². The van der Waals surface area contributed by atoms with Crippen molar-refractivity contribution in [2.24, 2.45) is 0 Å². The molecule has 0 unspecified atom stereocenters. The van der Waals surface area contributed by atoms with Crippen LogP contribution in [0.25, 0.3) is 0 Å². The molecule has 26 heavy (non-hydrogen) atoms. The monoisotopic (exact) mass is 350 g/mol. The molecule has 2 heterocycles. The smallest absolute Gasteiger partial charge is 0.266 e. The molecule has 0 bridgehead atoms. The van der Waals surface area contributed by atoms with Crippen molar-refractivity contribution in [3.8, 4) is 5.75 Å². The first-order chi connectivity index (χ1) is 12.5. The molecule has 3 rings (SSSR count). The minimum Gasteiger partial charge on any atom is -0.484 e. The average Bonchev–Trinajstić information content (AvgIpc) is 3.06. The lowest BCUT2D eigenvalue weighted by atomic mass is 10.1. The number of carbonyl (C=O) groups excluding carboxylic acids is 1. The summed E-state index contributed by atoms with van der Waals surface area (Å²) < 4.78 is 11.3. The van der Waals surface area contributed by atoms with Gasteiger partial charge in [0.1, 0.15) is 23.1 Å². The zero-order chi connectivity index (χ0) is 18.5.